The first kappa shape index (κ1) is 18.4. The summed E-state index contributed by atoms with van der Waals surface area (Å²) in [6.07, 6.45) is 1.83. The minimum absolute atomic E-state index is 0.0673. The van der Waals surface area contributed by atoms with E-state index in [0.717, 1.165) is 11.3 Å². The van der Waals surface area contributed by atoms with Crippen LogP contribution in [0, 0.1) is 0 Å². The second-order valence-electron chi connectivity index (χ2n) is 6.07. The summed E-state index contributed by atoms with van der Waals surface area (Å²) in [6.45, 7) is 5.10. The van der Waals surface area contributed by atoms with Gasteiger partial charge in [-0.1, -0.05) is 18.2 Å². The van der Waals surface area contributed by atoms with Gasteiger partial charge >= 0.3 is 0 Å². The van der Waals surface area contributed by atoms with Crippen LogP contribution in [0.4, 0.5) is 5.69 Å². The predicted octanol–water partition coefficient (Wildman–Crippen LogP) is 4.44. The predicted molar refractivity (Wildman–Crippen MR) is 110 cm³/mol. The third-order valence-electron chi connectivity index (χ3n) is 4.28. The molecule has 0 aliphatic carbocycles. The fourth-order valence-corrected chi connectivity index (χ4v) is 4.01. The Kier molecular flexibility index (Phi) is 5.25. The maximum Gasteiger partial charge on any atom is 0.266 e. The number of thioether (sulfide) groups is 1. The summed E-state index contributed by atoms with van der Waals surface area (Å²) in [5.41, 5.74) is 1.59. The quantitative estimate of drug-likeness (QED) is 0.700. The largest absolute Gasteiger partial charge is 0.493 e. The first-order valence-corrected chi connectivity index (χ1v) is 9.92. The van der Waals surface area contributed by atoms with Crippen molar-refractivity contribution in [1.29, 1.82) is 0 Å². The number of amidine groups is 1. The molecule has 0 N–H and O–H groups in total. The van der Waals surface area contributed by atoms with Crippen LogP contribution in [0.25, 0.3) is 6.08 Å². The van der Waals surface area contributed by atoms with Crippen molar-refractivity contribution in [3.63, 3.8) is 0 Å². The van der Waals surface area contributed by atoms with Crippen LogP contribution in [0.15, 0.2) is 52.4 Å². The van der Waals surface area contributed by atoms with Crippen LogP contribution in [0.2, 0.25) is 0 Å². The lowest BCUT2D eigenvalue weighted by molar-refractivity contribution is -0.122. The molecule has 0 aromatic heterocycles. The van der Waals surface area contributed by atoms with Gasteiger partial charge in [0.2, 0.25) is 6.79 Å². The number of hydrogen-bond acceptors (Lipinski definition) is 6. The lowest BCUT2D eigenvalue weighted by Gasteiger charge is -2.12. The summed E-state index contributed by atoms with van der Waals surface area (Å²) < 4.78 is 16.6. The summed E-state index contributed by atoms with van der Waals surface area (Å²) >= 11 is 1.36. The smallest absolute Gasteiger partial charge is 0.266 e. The molecule has 0 radical (unpaired) electrons. The first-order valence-electron chi connectivity index (χ1n) is 9.11. The first-order chi connectivity index (χ1) is 13.7. The number of hydrogen-bond donors (Lipinski definition) is 0. The van der Waals surface area contributed by atoms with Crippen molar-refractivity contribution in [2.45, 2.75) is 13.8 Å². The van der Waals surface area contributed by atoms with Crippen molar-refractivity contribution in [3.8, 4) is 17.2 Å². The van der Waals surface area contributed by atoms with E-state index in [-0.39, 0.29) is 12.7 Å². The Morgan fingerprint density at radius 2 is 1.93 bits per heavy atom. The fourth-order valence-electron chi connectivity index (χ4n) is 2.96. The van der Waals surface area contributed by atoms with Crippen LogP contribution < -0.4 is 14.2 Å². The van der Waals surface area contributed by atoms with Crippen LogP contribution in [0.5, 0.6) is 17.2 Å². The molecule has 0 spiro atoms. The summed E-state index contributed by atoms with van der Waals surface area (Å²) in [5.74, 6) is 1.89. The molecule has 28 heavy (non-hydrogen) atoms. The van der Waals surface area contributed by atoms with Crippen LogP contribution in [0.3, 0.4) is 0 Å². The molecule has 144 valence electrons. The number of aliphatic imine (C=N–C) groups is 1. The number of ether oxygens (including phenoxy) is 3. The standard InChI is InChI=1S/C21H20N2O4S/c1-3-23-20(24)19(28-21(23)22-15-8-6-5-7-9-15)11-14-10-17-18(27-13-26-17)12-16(14)25-4-2/h5-12H,3-4,13H2,1-2H3/b19-11+,22-21?. The summed E-state index contributed by atoms with van der Waals surface area (Å²) in [5, 5.41) is 0.670. The molecule has 4 rings (SSSR count). The van der Waals surface area contributed by atoms with Crippen molar-refractivity contribution in [2.75, 3.05) is 19.9 Å². The van der Waals surface area contributed by atoms with E-state index < -0.39 is 0 Å². The normalized spacial score (nSPS) is 18.4. The number of nitrogens with zero attached hydrogens (tertiary/aromatic N) is 2. The Labute approximate surface area is 167 Å². The fraction of sp³-hybridized carbons (Fsp3) is 0.238. The second kappa shape index (κ2) is 7.98. The summed E-state index contributed by atoms with van der Waals surface area (Å²) in [6, 6.07) is 13.3. The zero-order chi connectivity index (χ0) is 19.5. The number of carbonyl (C=O) groups excluding carboxylic acids is 1. The molecule has 2 aromatic carbocycles. The Morgan fingerprint density at radius 3 is 2.64 bits per heavy atom. The number of carbonyl (C=O) groups is 1. The van der Waals surface area contributed by atoms with E-state index in [2.05, 4.69) is 4.99 Å². The van der Waals surface area contributed by atoms with E-state index in [1.807, 2.05) is 56.3 Å². The Balaban J connectivity index is 1.70. The SMILES string of the molecule is CCOc1cc2c(cc1/C=C1/SC(=Nc3ccccc3)N(CC)C1=O)OCO2. The van der Waals surface area contributed by atoms with Crippen molar-refractivity contribution in [2.24, 2.45) is 4.99 Å². The average Bonchev–Trinajstić information content (AvgIpc) is 3.27. The molecule has 0 unspecified atom stereocenters. The molecular formula is C21H20N2O4S. The van der Waals surface area contributed by atoms with E-state index in [9.17, 15) is 4.79 Å². The molecule has 1 saturated heterocycles. The second-order valence-corrected chi connectivity index (χ2v) is 7.08. The van der Waals surface area contributed by atoms with Gasteiger partial charge in [-0.05, 0) is 49.9 Å². The average molecular weight is 396 g/mol. The molecule has 0 saturated carbocycles. The van der Waals surface area contributed by atoms with Crippen molar-refractivity contribution in [1.82, 2.24) is 4.90 Å². The highest BCUT2D eigenvalue weighted by molar-refractivity contribution is 8.18. The van der Waals surface area contributed by atoms with Gasteiger partial charge in [-0.3, -0.25) is 9.69 Å². The zero-order valence-corrected chi connectivity index (χ0v) is 16.5. The van der Waals surface area contributed by atoms with Crippen LogP contribution in [0.1, 0.15) is 19.4 Å². The van der Waals surface area contributed by atoms with Gasteiger partial charge in [0.1, 0.15) is 5.75 Å². The molecule has 2 aliphatic heterocycles. The maximum atomic E-state index is 12.9. The minimum Gasteiger partial charge on any atom is -0.493 e. The van der Waals surface area contributed by atoms with Gasteiger partial charge in [-0.25, -0.2) is 4.99 Å². The maximum absolute atomic E-state index is 12.9. The molecule has 1 amide bonds. The van der Waals surface area contributed by atoms with Gasteiger partial charge in [0, 0.05) is 18.2 Å². The number of rotatable bonds is 5. The number of para-hydroxylation sites is 1. The molecule has 6 nitrogen and oxygen atoms in total. The highest BCUT2D eigenvalue weighted by Gasteiger charge is 2.32. The molecular weight excluding hydrogens is 376 g/mol. The van der Waals surface area contributed by atoms with Crippen molar-refractivity contribution < 1.29 is 19.0 Å². The number of fused-ring (bicyclic) bond motifs is 1. The molecule has 0 atom stereocenters. The summed E-state index contributed by atoms with van der Waals surface area (Å²) in [4.78, 5) is 19.8. The van der Waals surface area contributed by atoms with Gasteiger partial charge < -0.3 is 14.2 Å². The zero-order valence-electron chi connectivity index (χ0n) is 15.7. The molecule has 2 heterocycles. The minimum atomic E-state index is -0.0673. The Morgan fingerprint density at radius 1 is 1.18 bits per heavy atom. The molecule has 2 aromatic rings. The van der Waals surface area contributed by atoms with E-state index in [4.69, 9.17) is 14.2 Å². The topological polar surface area (TPSA) is 60.4 Å². The third kappa shape index (κ3) is 3.57. The number of likely N-dealkylation sites (N-methyl/N-ethyl adjacent to an activating group) is 1. The van der Waals surface area contributed by atoms with Crippen LogP contribution >= 0.6 is 11.8 Å². The molecule has 0 bridgehead atoms. The summed E-state index contributed by atoms with van der Waals surface area (Å²) in [7, 11) is 0. The van der Waals surface area contributed by atoms with Gasteiger partial charge in [0.05, 0.1) is 17.2 Å². The van der Waals surface area contributed by atoms with Crippen molar-refractivity contribution in [3.05, 3.63) is 52.9 Å². The van der Waals surface area contributed by atoms with E-state index in [1.165, 1.54) is 11.8 Å². The lowest BCUT2D eigenvalue weighted by atomic mass is 10.1. The van der Waals surface area contributed by atoms with Gasteiger partial charge in [-0.2, -0.15) is 0 Å². The van der Waals surface area contributed by atoms with Crippen LogP contribution in [-0.2, 0) is 4.79 Å². The van der Waals surface area contributed by atoms with E-state index in [0.29, 0.717) is 40.5 Å². The Hall–Kier alpha value is -2.93. The third-order valence-corrected chi connectivity index (χ3v) is 5.28. The van der Waals surface area contributed by atoms with Gasteiger partial charge in [0.15, 0.2) is 16.7 Å². The number of benzene rings is 2. The Bertz CT molecular complexity index is 956. The molecule has 2 aliphatic rings. The van der Waals surface area contributed by atoms with Gasteiger partial charge in [-0.15, -0.1) is 0 Å². The molecule has 1 fully saturated rings. The van der Waals surface area contributed by atoms with Crippen LogP contribution in [-0.4, -0.2) is 35.9 Å². The van der Waals surface area contributed by atoms with Crippen molar-refractivity contribution >= 4 is 34.6 Å². The molecule has 7 heteroatoms. The van der Waals surface area contributed by atoms with E-state index in [1.54, 1.807) is 11.0 Å². The van der Waals surface area contributed by atoms with E-state index >= 15 is 0 Å². The monoisotopic (exact) mass is 396 g/mol. The highest BCUT2D eigenvalue weighted by atomic mass is 32.2. The number of amides is 1. The van der Waals surface area contributed by atoms with Gasteiger partial charge in [0.25, 0.3) is 5.91 Å². The lowest BCUT2D eigenvalue weighted by Crippen LogP contribution is -2.28. The highest BCUT2D eigenvalue weighted by Crippen LogP contribution is 2.41.